The first-order valence-electron chi connectivity index (χ1n) is 10.7. The number of carbonyl (C=O) groups is 2. The minimum atomic E-state index is -3.72. The summed E-state index contributed by atoms with van der Waals surface area (Å²) in [6.45, 7) is 7.08. The van der Waals surface area contributed by atoms with Crippen molar-refractivity contribution < 1.29 is 18.0 Å². The summed E-state index contributed by atoms with van der Waals surface area (Å²) >= 11 is 0. The number of benzene rings is 2. The normalized spacial score (nSPS) is 12.3. The van der Waals surface area contributed by atoms with Crippen LogP contribution < -0.4 is 9.62 Å². The van der Waals surface area contributed by atoms with E-state index in [-0.39, 0.29) is 18.5 Å². The van der Waals surface area contributed by atoms with Crippen LogP contribution in [0, 0.1) is 6.92 Å². The maximum Gasteiger partial charge on any atom is 0.244 e. The van der Waals surface area contributed by atoms with Crippen LogP contribution in [0.2, 0.25) is 0 Å². The van der Waals surface area contributed by atoms with Gasteiger partial charge < -0.3 is 10.2 Å². The van der Waals surface area contributed by atoms with E-state index >= 15 is 0 Å². The van der Waals surface area contributed by atoms with Crippen molar-refractivity contribution in [3.63, 3.8) is 0 Å². The first kappa shape index (κ1) is 25.4. The van der Waals surface area contributed by atoms with Crippen LogP contribution in [-0.4, -0.2) is 56.6 Å². The van der Waals surface area contributed by atoms with Crippen LogP contribution in [0.5, 0.6) is 0 Å². The monoisotopic (exact) mass is 459 g/mol. The molecule has 1 atom stereocenters. The van der Waals surface area contributed by atoms with Crippen LogP contribution in [-0.2, 0) is 26.0 Å². The zero-order valence-corrected chi connectivity index (χ0v) is 20.2. The van der Waals surface area contributed by atoms with Gasteiger partial charge in [0.05, 0.1) is 11.9 Å². The van der Waals surface area contributed by atoms with Crippen molar-refractivity contribution in [1.82, 2.24) is 10.2 Å². The van der Waals surface area contributed by atoms with Gasteiger partial charge in [-0.3, -0.25) is 13.9 Å². The predicted octanol–water partition coefficient (Wildman–Crippen LogP) is 2.75. The summed E-state index contributed by atoms with van der Waals surface area (Å²) in [6.07, 6.45) is 1.63. The Bertz CT molecular complexity index is 1020. The van der Waals surface area contributed by atoms with Crippen molar-refractivity contribution in [2.24, 2.45) is 0 Å². The number of anilines is 1. The molecule has 8 heteroatoms. The fourth-order valence-electron chi connectivity index (χ4n) is 3.41. The van der Waals surface area contributed by atoms with E-state index in [0.717, 1.165) is 21.7 Å². The van der Waals surface area contributed by atoms with Crippen LogP contribution >= 0.6 is 0 Å². The summed E-state index contributed by atoms with van der Waals surface area (Å²) in [5.74, 6) is -0.704. The van der Waals surface area contributed by atoms with E-state index < -0.39 is 22.0 Å². The largest absolute Gasteiger partial charge is 0.352 e. The highest BCUT2D eigenvalue weighted by atomic mass is 32.2. The maximum absolute atomic E-state index is 13.4. The minimum absolute atomic E-state index is 0.0736. The van der Waals surface area contributed by atoms with Crippen molar-refractivity contribution in [2.75, 3.05) is 23.7 Å². The van der Waals surface area contributed by atoms with Gasteiger partial charge in [-0.2, -0.15) is 0 Å². The molecule has 0 aliphatic rings. The van der Waals surface area contributed by atoms with Gasteiger partial charge in [-0.05, 0) is 51.3 Å². The third kappa shape index (κ3) is 7.09. The first-order valence-corrected chi connectivity index (χ1v) is 12.5. The zero-order valence-electron chi connectivity index (χ0n) is 19.4. The molecule has 0 saturated heterocycles. The molecule has 0 fully saturated rings. The SMILES string of the molecule is Cc1ccccc1N(CC(=O)N(CCc1ccccc1)C(C)C(=O)NC(C)C)S(C)(=O)=O. The fraction of sp³-hybridized carbons (Fsp3) is 0.417. The van der Waals surface area contributed by atoms with Crippen LogP contribution in [0.3, 0.4) is 0 Å². The zero-order chi connectivity index (χ0) is 23.9. The fourth-order valence-corrected chi connectivity index (χ4v) is 4.32. The third-order valence-electron chi connectivity index (χ3n) is 5.15. The molecular formula is C24H33N3O4S. The molecular weight excluding hydrogens is 426 g/mol. The molecule has 0 radical (unpaired) electrons. The van der Waals surface area contributed by atoms with Crippen LogP contribution in [0.25, 0.3) is 0 Å². The highest BCUT2D eigenvalue weighted by molar-refractivity contribution is 7.92. The Morgan fingerprint density at radius 3 is 2.12 bits per heavy atom. The second kappa shape index (κ2) is 11.1. The topological polar surface area (TPSA) is 86.8 Å². The molecule has 2 aromatic rings. The van der Waals surface area contributed by atoms with E-state index in [2.05, 4.69) is 5.32 Å². The molecule has 0 aromatic heterocycles. The lowest BCUT2D eigenvalue weighted by Gasteiger charge is -2.32. The summed E-state index contributed by atoms with van der Waals surface area (Å²) in [7, 11) is -3.72. The third-order valence-corrected chi connectivity index (χ3v) is 6.27. The average Bonchev–Trinajstić information content (AvgIpc) is 2.72. The molecule has 0 saturated carbocycles. The van der Waals surface area contributed by atoms with Gasteiger partial charge in [0.2, 0.25) is 21.8 Å². The smallest absolute Gasteiger partial charge is 0.244 e. The molecule has 7 nitrogen and oxygen atoms in total. The summed E-state index contributed by atoms with van der Waals surface area (Å²) in [5, 5.41) is 2.84. The number of nitrogens with zero attached hydrogens (tertiary/aromatic N) is 2. The van der Waals surface area contributed by atoms with Crippen LogP contribution in [0.4, 0.5) is 5.69 Å². The average molecular weight is 460 g/mol. The lowest BCUT2D eigenvalue weighted by atomic mass is 10.1. The number of sulfonamides is 1. The summed E-state index contributed by atoms with van der Waals surface area (Å²) in [5.41, 5.74) is 2.22. The molecule has 1 unspecified atom stereocenters. The van der Waals surface area contributed by atoms with Gasteiger partial charge in [0.1, 0.15) is 12.6 Å². The number of aryl methyl sites for hydroxylation is 1. The number of nitrogens with one attached hydrogen (secondary N) is 1. The van der Waals surface area contributed by atoms with Crippen molar-refractivity contribution in [1.29, 1.82) is 0 Å². The Morgan fingerprint density at radius 2 is 1.56 bits per heavy atom. The van der Waals surface area contributed by atoms with E-state index in [4.69, 9.17) is 0 Å². The Balaban J connectivity index is 2.32. The Morgan fingerprint density at radius 1 is 0.969 bits per heavy atom. The number of rotatable bonds is 10. The molecule has 2 rings (SSSR count). The Labute approximate surface area is 191 Å². The first-order chi connectivity index (χ1) is 15.0. The van der Waals surface area contributed by atoms with Crippen molar-refractivity contribution in [2.45, 2.75) is 46.2 Å². The molecule has 0 spiro atoms. The molecule has 174 valence electrons. The molecule has 2 aromatic carbocycles. The number of amides is 2. The Kier molecular flexibility index (Phi) is 8.83. The lowest BCUT2D eigenvalue weighted by molar-refractivity contribution is -0.139. The second-order valence-corrected chi connectivity index (χ2v) is 10.1. The Hall–Kier alpha value is -2.87. The quantitative estimate of drug-likeness (QED) is 0.592. The van der Waals surface area contributed by atoms with Gasteiger partial charge in [-0.15, -0.1) is 0 Å². The molecule has 0 aliphatic carbocycles. The summed E-state index contributed by atoms with van der Waals surface area (Å²) in [4.78, 5) is 27.5. The lowest BCUT2D eigenvalue weighted by Crippen LogP contribution is -2.53. The summed E-state index contributed by atoms with van der Waals surface area (Å²) < 4.78 is 26.2. The molecule has 2 amide bonds. The number of carbonyl (C=O) groups excluding carboxylic acids is 2. The minimum Gasteiger partial charge on any atom is -0.352 e. The standard InChI is InChI=1S/C24H33N3O4S/c1-18(2)25-24(29)20(4)26(16-15-21-12-7-6-8-13-21)23(28)17-27(32(5,30)31)22-14-10-9-11-19(22)3/h6-14,18,20H,15-17H2,1-5H3,(H,25,29). The van der Waals surface area contributed by atoms with Crippen molar-refractivity contribution >= 4 is 27.5 Å². The number of para-hydroxylation sites is 1. The summed E-state index contributed by atoms with van der Waals surface area (Å²) in [6, 6.07) is 15.9. The highest BCUT2D eigenvalue weighted by Gasteiger charge is 2.30. The number of hydrogen-bond acceptors (Lipinski definition) is 4. The van der Waals surface area contributed by atoms with E-state index in [1.165, 1.54) is 4.90 Å². The molecule has 1 N–H and O–H groups in total. The van der Waals surface area contributed by atoms with Gasteiger partial charge in [-0.25, -0.2) is 8.42 Å². The molecule has 32 heavy (non-hydrogen) atoms. The van der Waals surface area contributed by atoms with Gasteiger partial charge >= 0.3 is 0 Å². The van der Waals surface area contributed by atoms with E-state index in [1.807, 2.05) is 50.2 Å². The maximum atomic E-state index is 13.4. The predicted molar refractivity (Wildman–Crippen MR) is 128 cm³/mol. The van der Waals surface area contributed by atoms with Gasteiger partial charge in [0, 0.05) is 12.6 Å². The van der Waals surface area contributed by atoms with Gasteiger partial charge in [0.15, 0.2) is 0 Å². The molecule has 0 bridgehead atoms. The highest BCUT2D eigenvalue weighted by Crippen LogP contribution is 2.22. The second-order valence-electron chi connectivity index (χ2n) is 8.22. The molecule has 0 heterocycles. The van der Waals surface area contributed by atoms with Crippen LogP contribution in [0.15, 0.2) is 54.6 Å². The number of hydrogen-bond donors (Lipinski definition) is 1. The van der Waals surface area contributed by atoms with E-state index in [0.29, 0.717) is 18.7 Å². The van der Waals surface area contributed by atoms with E-state index in [9.17, 15) is 18.0 Å². The van der Waals surface area contributed by atoms with Crippen molar-refractivity contribution in [3.8, 4) is 0 Å². The van der Waals surface area contributed by atoms with E-state index in [1.54, 1.807) is 32.0 Å². The van der Waals surface area contributed by atoms with Gasteiger partial charge in [0.25, 0.3) is 0 Å². The van der Waals surface area contributed by atoms with Crippen LogP contribution in [0.1, 0.15) is 31.9 Å². The van der Waals surface area contributed by atoms with Gasteiger partial charge in [-0.1, -0.05) is 48.5 Å². The van der Waals surface area contributed by atoms with Crippen molar-refractivity contribution in [3.05, 3.63) is 65.7 Å². The molecule has 0 aliphatic heterocycles.